The van der Waals surface area contributed by atoms with E-state index in [-0.39, 0.29) is 11.6 Å². The molecule has 25 heavy (non-hydrogen) atoms. The number of hydrogen-bond donors (Lipinski definition) is 1. The fraction of sp³-hybridized carbons (Fsp3) is 0.611. The molecule has 7 heteroatoms. The van der Waals surface area contributed by atoms with Gasteiger partial charge in [-0.3, -0.25) is 4.79 Å². The Labute approximate surface area is 147 Å². The highest BCUT2D eigenvalue weighted by Gasteiger charge is 2.28. The number of nitrogens with one attached hydrogen (secondary N) is 1. The predicted octanol–water partition coefficient (Wildman–Crippen LogP) is 2.37. The Morgan fingerprint density at radius 3 is 2.20 bits per heavy atom. The topological polar surface area (TPSA) is 88.7 Å². The van der Waals surface area contributed by atoms with Crippen LogP contribution in [0.5, 0.6) is 0 Å². The Hall–Kier alpha value is -2.31. The minimum Gasteiger partial charge on any atom is -0.465 e. The summed E-state index contributed by atoms with van der Waals surface area (Å²) < 4.78 is 10.1. The fourth-order valence-corrected chi connectivity index (χ4v) is 3.18. The van der Waals surface area contributed by atoms with E-state index in [1.807, 2.05) is 0 Å². The molecule has 0 spiro atoms. The first-order valence-electron chi connectivity index (χ1n) is 8.64. The predicted molar refractivity (Wildman–Crippen MR) is 91.5 cm³/mol. The summed E-state index contributed by atoms with van der Waals surface area (Å²) in [6.07, 6.45) is 3.33. The molecule has 0 saturated carbocycles. The van der Waals surface area contributed by atoms with Crippen molar-refractivity contribution in [3.8, 4) is 0 Å². The number of likely N-dealkylation sites (tertiary alicyclic amines) is 1. The molecule has 2 heterocycles. The van der Waals surface area contributed by atoms with E-state index in [4.69, 9.17) is 9.47 Å². The molecule has 0 aromatic carbocycles. The van der Waals surface area contributed by atoms with E-state index in [0.29, 0.717) is 29.9 Å². The number of aromatic nitrogens is 1. The monoisotopic (exact) mass is 350 g/mol. The van der Waals surface area contributed by atoms with Crippen LogP contribution in [0.25, 0.3) is 0 Å². The number of carbonyl (C=O) groups is 3. The number of H-pyrrole nitrogens is 1. The number of aryl methyl sites for hydroxylation is 1. The minimum absolute atomic E-state index is 0.174. The van der Waals surface area contributed by atoms with Crippen LogP contribution >= 0.6 is 0 Å². The Balaban J connectivity index is 2.08. The summed E-state index contributed by atoms with van der Waals surface area (Å²) in [6, 6.07) is 0. The van der Waals surface area contributed by atoms with Gasteiger partial charge in [0.1, 0.15) is 5.69 Å². The standard InChI is InChI=1S/C18H26N2O5/c1-11-14(17(22)24-4)12(2)19-15(11)18(23)25-13(3)16(21)20-9-7-5-6-8-10-20/h13,19H,5-10H2,1-4H3. The third-order valence-corrected chi connectivity index (χ3v) is 4.58. The van der Waals surface area contributed by atoms with Crippen molar-refractivity contribution in [1.29, 1.82) is 0 Å². The van der Waals surface area contributed by atoms with Crippen molar-refractivity contribution in [2.45, 2.75) is 52.6 Å². The van der Waals surface area contributed by atoms with Crippen LogP contribution in [0, 0.1) is 13.8 Å². The highest BCUT2D eigenvalue weighted by Crippen LogP contribution is 2.20. The van der Waals surface area contributed by atoms with Gasteiger partial charge in [-0.2, -0.15) is 0 Å². The van der Waals surface area contributed by atoms with Crippen molar-refractivity contribution in [3.63, 3.8) is 0 Å². The Morgan fingerprint density at radius 1 is 1.04 bits per heavy atom. The molecular weight excluding hydrogens is 324 g/mol. The van der Waals surface area contributed by atoms with Crippen molar-refractivity contribution >= 4 is 17.8 Å². The van der Waals surface area contributed by atoms with Gasteiger partial charge < -0.3 is 19.4 Å². The number of ether oxygens (including phenoxy) is 2. The maximum Gasteiger partial charge on any atom is 0.355 e. The number of carbonyl (C=O) groups excluding carboxylic acids is 3. The van der Waals surface area contributed by atoms with E-state index in [0.717, 1.165) is 25.7 Å². The molecule has 138 valence electrons. The van der Waals surface area contributed by atoms with Gasteiger partial charge in [0.05, 0.1) is 12.7 Å². The fourth-order valence-electron chi connectivity index (χ4n) is 3.18. The van der Waals surface area contributed by atoms with Crippen LogP contribution < -0.4 is 0 Å². The SMILES string of the molecule is COC(=O)c1c(C)[nH]c(C(=O)OC(C)C(=O)N2CCCCCC2)c1C. The van der Waals surface area contributed by atoms with Crippen molar-refractivity contribution in [2.24, 2.45) is 0 Å². The third-order valence-electron chi connectivity index (χ3n) is 4.58. The number of amides is 1. The molecule has 1 aliphatic rings. The van der Waals surface area contributed by atoms with Gasteiger partial charge in [-0.1, -0.05) is 12.8 Å². The van der Waals surface area contributed by atoms with Gasteiger partial charge >= 0.3 is 11.9 Å². The average molecular weight is 350 g/mol. The molecular formula is C18H26N2O5. The van der Waals surface area contributed by atoms with Gasteiger partial charge in [-0.15, -0.1) is 0 Å². The number of aromatic amines is 1. The van der Waals surface area contributed by atoms with Crippen LogP contribution in [0.3, 0.4) is 0 Å². The smallest absolute Gasteiger partial charge is 0.355 e. The van der Waals surface area contributed by atoms with Crippen LogP contribution in [-0.4, -0.2) is 54.0 Å². The highest BCUT2D eigenvalue weighted by atomic mass is 16.5. The van der Waals surface area contributed by atoms with E-state index in [2.05, 4.69) is 4.98 Å². The summed E-state index contributed by atoms with van der Waals surface area (Å²) in [5.74, 6) is -1.34. The summed E-state index contributed by atoms with van der Waals surface area (Å²) in [6.45, 7) is 6.31. The van der Waals surface area contributed by atoms with Crippen LogP contribution in [0.2, 0.25) is 0 Å². The van der Waals surface area contributed by atoms with Crippen molar-refractivity contribution in [2.75, 3.05) is 20.2 Å². The lowest BCUT2D eigenvalue weighted by Gasteiger charge is -2.23. The maximum absolute atomic E-state index is 12.5. The molecule has 1 N–H and O–H groups in total. The first kappa shape index (κ1) is 19.0. The van der Waals surface area contributed by atoms with Crippen molar-refractivity contribution in [1.82, 2.24) is 9.88 Å². The Kier molecular flexibility index (Phi) is 6.22. The first-order chi connectivity index (χ1) is 11.9. The molecule has 1 aliphatic heterocycles. The van der Waals surface area contributed by atoms with Crippen LogP contribution in [0.15, 0.2) is 0 Å². The van der Waals surface area contributed by atoms with E-state index in [9.17, 15) is 14.4 Å². The molecule has 7 nitrogen and oxygen atoms in total. The zero-order valence-electron chi connectivity index (χ0n) is 15.3. The normalized spacial score (nSPS) is 16.1. The third kappa shape index (κ3) is 4.21. The second kappa shape index (κ2) is 8.18. The second-order valence-electron chi connectivity index (χ2n) is 6.40. The van der Waals surface area contributed by atoms with Gasteiger partial charge in [0.2, 0.25) is 0 Å². The summed E-state index contributed by atoms with van der Waals surface area (Å²) in [7, 11) is 1.29. The minimum atomic E-state index is -0.866. The molecule has 1 atom stereocenters. The number of hydrogen-bond acceptors (Lipinski definition) is 5. The molecule has 0 bridgehead atoms. The first-order valence-corrected chi connectivity index (χ1v) is 8.64. The van der Waals surface area contributed by atoms with Crippen LogP contribution in [0.4, 0.5) is 0 Å². The molecule has 1 fully saturated rings. The van der Waals surface area contributed by atoms with Gasteiger partial charge in [-0.25, -0.2) is 9.59 Å². The van der Waals surface area contributed by atoms with Crippen LogP contribution in [0.1, 0.15) is 64.7 Å². The lowest BCUT2D eigenvalue weighted by atomic mass is 10.1. The van der Waals surface area contributed by atoms with Gasteiger partial charge in [0, 0.05) is 18.8 Å². The van der Waals surface area contributed by atoms with Gasteiger partial charge in [0.25, 0.3) is 5.91 Å². The second-order valence-corrected chi connectivity index (χ2v) is 6.40. The van der Waals surface area contributed by atoms with E-state index >= 15 is 0 Å². The molecule has 1 saturated heterocycles. The summed E-state index contributed by atoms with van der Waals surface area (Å²) in [4.78, 5) is 41.4. The summed E-state index contributed by atoms with van der Waals surface area (Å²) in [5.41, 5.74) is 1.49. The molecule has 1 aromatic heterocycles. The quantitative estimate of drug-likeness (QED) is 0.842. The lowest BCUT2D eigenvalue weighted by molar-refractivity contribution is -0.139. The van der Waals surface area contributed by atoms with Crippen molar-refractivity contribution in [3.05, 3.63) is 22.5 Å². The lowest BCUT2D eigenvalue weighted by Crippen LogP contribution is -2.40. The molecule has 0 radical (unpaired) electrons. The van der Waals surface area contributed by atoms with E-state index in [1.165, 1.54) is 7.11 Å². The number of nitrogens with zero attached hydrogens (tertiary/aromatic N) is 1. The molecule has 2 rings (SSSR count). The van der Waals surface area contributed by atoms with E-state index in [1.54, 1.807) is 25.7 Å². The summed E-state index contributed by atoms with van der Waals surface area (Å²) >= 11 is 0. The number of esters is 2. The number of rotatable bonds is 4. The van der Waals surface area contributed by atoms with Gasteiger partial charge in [-0.05, 0) is 39.2 Å². The molecule has 1 aromatic rings. The summed E-state index contributed by atoms with van der Waals surface area (Å²) in [5, 5.41) is 0. The van der Waals surface area contributed by atoms with Crippen molar-refractivity contribution < 1.29 is 23.9 Å². The van der Waals surface area contributed by atoms with E-state index < -0.39 is 18.0 Å². The maximum atomic E-state index is 12.5. The molecule has 1 unspecified atom stereocenters. The zero-order valence-corrected chi connectivity index (χ0v) is 15.3. The number of methoxy groups -OCH3 is 1. The Morgan fingerprint density at radius 2 is 1.64 bits per heavy atom. The molecule has 0 aliphatic carbocycles. The van der Waals surface area contributed by atoms with Crippen LogP contribution in [-0.2, 0) is 14.3 Å². The zero-order chi connectivity index (χ0) is 18.6. The Bertz CT molecular complexity index is 657. The highest BCUT2D eigenvalue weighted by molar-refractivity contribution is 5.99. The largest absolute Gasteiger partial charge is 0.465 e. The molecule has 1 amide bonds. The van der Waals surface area contributed by atoms with Gasteiger partial charge in [0.15, 0.2) is 6.10 Å². The average Bonchev–Trinajstić information content (AvgIpc) is 2.77.